The zero-order valence-electron chi connectivity index (χ0n) is 13.0. The summed E-state index contributed by atoms with van der Waals surface area (Å²) in [5, 5.41) is 6.40. The molecular formula is C18H25FN2O. The highest BCUT2D eigenvalue weighted by atomic mass is 19.1. The maximum Gasteiger partial charge on any atom is 0.234 e. The Bertz CT molecular complexity index is 492. The Morgan fingerprint density at radius 3 is 2.45 bits per heavy atom. The number of benzene rings is 1. The van der Waals surface area contributed by atoms with Crippen LogP contribution in [-0.2, 0) is 4.79 Å². The van der Waals surface area contributed by atoms with Crippen molar-refractivity contribution in [1.29, 1.82) is 0 Å². The molecule has 1 unspecified atom stereocenters. The normalized spacial score (nSPS) is 20.0. The van der Waals surface area contributed by atoms with E-state index in [2.05, 4.69) is 10.6 Å². The molecule has 2 aliphatic rings. The summed E-state index contributed by atoms with van der Waals surface area (Å²) >= 11 is 0. The van der Waals surface area contributed by atoms with Crippen LogP contribution in [0.15, 0.2) is 24.3 Å². The fraction of sp³-hybridized carbons (Fsp3) is 0.611. The van der Waals surface area contributed by atoms with Crippen molar-refractivity contribution in [2.45, 2.75) is 44.6 Å². The Morgan fingerprint density at radius 2 is 1.82 bits per heavy atom. The highest BCUT2D eigenvalue weighted by Crippen LogP contribution is 2.35. The molecular weight excluding hydrogens is 279 g/mol. The Labute approximate surface area is 131 Å². The van der Waals surface area contributed by atoms with E-state index in [1.165, 1.54) is 37.8 Å². The van der Waals surface area contributed by atoms with Crippen molar-refractivity contribution in [2.24, 2.45) is 11.8 Å². The monoisotopic (exact) mass is 304 g/mol. The molecule has 0 aliphatic heterocycles. The molecule has 0 heterocycles. The summed E-state index contributed by atoms with van der Waals surface area (Å²) in [7, 11) is 0. The van der Waals surface area contributed by atoms with E-state index in [-0.39, 0.29) is 17.8 Å². The Balaban J connectivity index is 1.59. The van der Waals surface area contributed by atoms with Gasteiger partial charge in [0.05, 0.1) is 12.6 Å². The summed E-state index contributed by atoms with van der Waals surface area (Å²) in [6.07, 6.45) is 7.29. The molecule has 2 N–H and O–H groups in total. The second-order valence-corrected chi connectivity index (χ2v) is 6.72. The van der Waals surface area contributed by atoms with Gasteiger partial charge in [-0.25, -0.2) is 4.39 Å². The molecule has 0 bridgehead atoms. The molecule has 120 valence electrons. The number of amides is 1. The van der Waals surface area contributed by atoms with Crippen LogP contribution in [0.2, 0.25) is 0 Å². The molecule has 0 spiro atoms. The van der Waals surface area contributed by atoms with Crippen molar-refractivity contribution >= 4 is 5.91 Å². The Kier molecular flexibility index (Phi) is 5.08. The lowest BCUT2D eigenvalue weighted by Gasteiger charge is -2.25. The molecule has 2 aliphatic carbocycles. The fourth-order valence-corrected chi connectivity index (χ4v) is 3.37. The van der Waals surface area contributed by atoms with Gasteiger partial charge in [0.1, 0.15) is 5.82 Å². The molecule has 1 aromatic carbocycles. The zero-order valence-corrected chi connectivity index (χ0v) is 13.0. The fourth-order valence-electron chi connectivity index (χ4n) is 3.37. The van der Waals surface area contributed by atoms with E-state index in [0.717, 1.165) is 30.9 Å². The third-order valence-corrected chi connectivity index (χ3v) is 4.83. The molecule has 4 heteroatoms. The van der Waals surface area contributed by atoms with Crippen molar-refractivity contribution in [3.8, 4) is 0 Å². The first-order valence-electron chi connectivity index (χ1n) is 8.48. The standard InChI is InChI=1S/C18H25FN2O/c19-16-9-7-15(8-10-16)18(14-3-1-2-4-14)21-17(22)12-20-11-13-5-6-13/h7-10,13-14,18,20H,1-6,11-12H2,(H,21,22). The summed E-state index contributed by atoms with van der Waals surface area (Å²) in [5.41, 5.74) is 1.02. The number of hydrogen-bond donors (Lipinski definition) is 2. The minimum Gasteiger partial charge on any atom is -0.348 e. The van der Waals surface area contributed by atoms with Crippen LogP contribution in [0, 0.1) is 17.7 Å². The average molecular weight is 304 g/mol. The van der Waals surface area contributed by atoms with Crippen molar-refractivity contribution in [3.63, 3.8) is 0 Å². The molecule has 0 aromatic heterocycles. The van der Waals surface area contributed by atoms with Crippen LogP contribution in [-0.4, -0.2) is 19.0 Å². The van der Waals surface area contributed by atoms with E-state index < -0.39 is 0 Å². The first-order valence-corrected chi connectivity index (χ1v) is 8.48. The predicted octanol–water partition coefficient (Wildman–Crippen LogP) is 3.17. The first kappa shape index (κ1) is 15.5. The van der Waals surface area contributed by atoms with Gasteiger partial charge in [-0.3, -0.25) is 4.79 Å². The van der Waals surface area contributed by atoms with Gasteiger partial charge in [0.25, 0.3) is 0 Å². The first-order chi connectivity index (χ1) is 10.7. The second kappa shape index (κ2) is 7.23. The van der Waals surface area contributed by atoms with Gasteiger partial charge in [0.2, 0.25) is 5.91 Å². The van der Waals surface area contributed by atoms with E-state index in [1.54, 1.807) is 12.1 Å². The molecule has 1 atom stereocenters. The van der Waals surface area contributed by atoms with Gasteiger partial charge in [-0.05, 0) is 61.8 Å². The zero-order chi connectivity index (χ0) is 15.4. The molecule has 22 heavy (non-hydrogen) atoms. The molecule has 3 nitrogen and oxygen atoms in total. The molecule has 1 amide bonds. The van der Waals surface area contributed by atoms with E-state index in [9.17, 15) is 9.18 Å². The second-order valence-electron chi connectivity index (χ2n) is 6.72. The predicted molar refractivity (Wildman–Crippen MR) is 84.8 cm³/mol. The molecule has 1 aromatic rings. The average Bonchev–Trinajstić information content (AvgIpc) is 3.17. The molecule has 2 saturated carbocycles. The van der Waals surface area contributed by atoms with Crippen molar-refractivity contribution in [1.82, 2.24) is 10.6 Å². The van der Waals surface area contributed by atoms with Crippen LogP contribution in [0.3, 0.4) is 0 Å². The lowest BCUT2D eigenvalue weighted by atomic mass is 9.91. The van der Waals surface area contributed by atoms with Crippen molar-refractivity contribution < 1.29 is 9.18 Å². The Hall–Kier alpha value is -1.42. The van der Waals surface area contributed by atoms with E-state index in [4.69, 9.17) is 0 Å². The quantitative estimate of drug-likeness (QED) is 0.812. The number of carbonyl (C=O) groups is 1. The largest absolute Gasteiger partial charge is 0.348 e. The van der Waals surface area contributed by atoms with Gasteiger partial charge in [0.15, 0.2) is 0 Å². The number of carbonyl (C=O) groups excluding carboxylic acids is 1. The van der Waals surface area contributed by atoms with Gasteiger partial charge in [0, 0.05) is 0 Å². The maximum absolute atomic E-state index is 13.1. The number of nitrogens with one attached hydrogen (secondary N) is 2. The van der Waals surface area contributed by atoms with E-state index in [0.29, 0.717) is 12.5 Å². The number of halogens is 1. The highest BCUT2D eigenvalue weighted by molar-refractivity contribution is 5.78. The smallest absolute Gasteiger partial charge is 0.234 e. The van der Waals surface area contributed by atoms with Gasteiger partial charge in [-0.15, -0.1) is 0 Å². The minimum absolute atomic E-state index is 0.0123. The maximum atomic E-state index is 13.1. The summed E-state index contributed by atoms with van der Waals surface area (Å²) in [6, 6.07) is 6.58. The van der Waals surface area contributed by atoms with Crippen LogP contribution in [0.25, 0.3) is 0 Å². The third kappa shape index (κ3) is 4.29. The van der Waals surface area contributed by atoms with Crippen LogP contribution in [0.5, 0.6) is 0 Å². The minimum atomic E-state index is -0.230. The lowest BCUT2D eigenvalue weighted by molar-refractivity contribution is -0.121. The molecule has 0 radical (unpaired) electrons. The summed E-state index contributed by atoms with van der Waals surface area (Å²) in [4.78, 5) is 12.2. The van der Waals surface area contributed by atoms with Crippen molar-refractivity contribution in [2.75, 3.05) is 13.1 Å². The van der Waals surface area contributed by atoms with E-state index >= 15 is 0 Å². The number of rotatable bonds is 7. The SMILES string of the molecule is O=C(CNCC1CC1)NC(c1ccc(F)cc1)C1CCCC1. The van der Waals surface area contributed by atoms with Gasteiger partial charge in [-0.2, -0.15) is 0 Å². The van der Waals surface area contributed by atoms with Crippen LogP contribution in [0.1, 0.15) is 50.1 Å². The van der Waals surface area contributed by atoms with E-state index in [1.807, 2.05) is 0 Å². The van der Waals surface area contributed by atoms with Crippen LogP contribution >= 0.6 is 0 Å². The lowest BCUT2D eigenvalue weighted by Crippen LogP contribution is -2.39. The summed E-state index contributed by atoms with van der Waals surface area (Å²) in [6.45, 7) is 1.32. The summed E-state index contributed by atoms with van der Waals surface area (Å²) < 4.78 is 13.1. The topological polar surface area (TPSA) is 41.1 Å². The van der Waals surface area contributed by atoms with Crippen LogP contribution in [0.4, 0.5) is 4.39 Å². The Morgan fingerprint density at radius 1 is 1.14 bits per heavy atom. The van der Waals surface area contributed by atoms with Gasteiger partial charge < -0.3 is 10.6 Å². The molecule has 0 saturated heterocycles. The molecule has 2 fully saturated rings. The molecule has 3 rings (SSSR count). The third-order valence-electron chi connectivity index (χ3n) is 4.83. The van der Waals surface area contributed by atoms with Gasteiger partial charge in [-0.1, -0.05) is 25.0 Å². The van der Waals surface area contributed by atoms with Crippen LogP contribution < -0.4 is 10.6 Å². The van der Waals surface area contributed by atoms with Crippen molar-refractivity contribution in [3.05, 3.63) is 35.6 Å². The highest BCUT2D eigenvalue weighted by Gasteiger charge is 2.28. The summed E-state index contributed by atoms with van der Waals surface area (Å²) in [5.74, 6) is 1.06. The van der Waals surface area contributed by atoms with Gasteiger partial charge >= 0.3 is 0 Å². The number of hydrogen-bond acceptors (Lipinski definition) is 2.